The van der Waals surface area contributed by atoms with E-state index in [2.05, 4.69) is 22.3 Å². The molecule has 0 bridgehead atoms. The third-order valence-electron chi connectivity index (χ3n) is 6.35. The molecular weight excluding hydrogens is 358 g/mol. The van der Waals surface area contributed by atoms with Crippen molar-refractivity contribution >= 4 is 11.6 Å². The first-order valence-electron chi connectivity index (χ1n) is 11.2. The maximum atomic E-state index is 13.0. The summed E-state index contributed by atoms with van der Waals surface area (Å²) in [5.41, 5.74) is 3.01. The lowest BCUT2D eigenvalue weighted by Crippen LogP contribution is -2.49. The van der Waals surface area contributed by atoms with Crippen LogP contribution in [0.3, 0.4) is 0 Å². The molecule has 1 aliphatic heterocycles. The number of hydrogen-bond acceptors (Lipinski definition) is 3. The molecule has 4 nitrogen and oxygen atoms in total. The van der Waals surface area contributed by atoms with Crippen molar-refractivity contribution in [3.05, 3.63) is 65.7 Å². The molecule has 1 saturated carbocycles. The van der Waals surface area contributed by atoms with Gasteiger partial charge in [-0.1, -0.05) is 55.7 Å². The lowest BCUT2D eigenvalue weighted by Gasteiger charge is -2.37. The van der Waals surface area contributed by atoms with Gasteiger partial charge in [-0.15, -0.1) is 0 Å². The molecule has 2 aromatic carbocycles. The summed E-state index contributed by atoms with van der Waals surface area (Å²) in [5.74, 6) is 1.03. The first-order valence-corrected chi connectivity index (χ1v) is 11.2. The van der Waals surface area contributed by atoms with Crippen LogP contribution in [0.25, 0.3) is 0 Å². The van der Waals surface area contributed by atoms with Crippen molar-refractivity contribution in [1.82, 2.24) is 9.80 Å². The largest absolute Gasteiger partial charge is 0.381 e. The maximum absolute atomic E-state index is 13.0. The lowest BCUT2D eigenvalue weighted by molar-refractivity contribution is 0.0606. The van der Waals surface area contributed by atoms with E-state index < -0.39 is 0 Å². The third-order valence-corrected chi connectivity index (χ3v) is 6.35. The first-order chi connectivity index (χ1) is 14.3. The summed E-state index contributed by atoms with van der Waals surface area (Å²) in [4.78, 5) is 17.6. The van der Waals surface area contributed by atoms with Gasteiger partial charge >= 0.3 is 0 Å². The quantitative estimate of drug-likeness (QED) is 0.779. The minimum atomic E-state index is 0.158. The molecule has 2 fully saturated rings. The highest BCUT2D eigenvalue weighted by atomic mass is 16.2. The van der Waals surface area contributed by atoms with Crippen LogP contribution in [0.15, 0.2) is 54.6 Å². The fourth-order valence-electron chi connectivity index (χ4n) is 4.61. The Labute approximate surface area is 174 Å². The van der Waals surface area contributed by atoms with E-state index >= 15 is 0 Å². The van der Waals surface area contributed by atoms with Crippen molar-refractivity contribution in [3.63, 3.8) is 0 Å². The fraction of sp³-hybridized carbons (Fsp3) is 0.480. The van der Waals surface area contributed by atoms with Crippen LogP contribution in [0.4, 0.5) is 5.69 Å². The average molecular weight is 392 g/mol. The Hall–Kier alpha value is -2.33. The summed E-state index contributed by atoms with van der Waals surface area (Å²) in [6.45, 7) is 5.68. The number of carbonyl (C=O) groups is 1. The molecule has 0 atom stereocenters. The first kappa shape index (κ1) is 20.0. The van der Waals surface area contributed by atoms with Crippen LogP contribution < -0.4 is 5.32 Å². The Balaban J connectivity index is 1.28. The molecule has 154 valence electrons. The van der Waals surface area contributed by atoms with Gasteiger partial charge in [-0.2, -0.15) is 0 Å². The number of hydrogen-bond donors (Lipinski definition) is 1. The van der Waals surface area contributed by atoms with E-state index in [1.165, 1.54) is 44.2 Å². The molecule has 4 rings (SSSR count). The highest BCUT2D eigenvalue weighted by Crippen LogP contribution is 2.25. The van der Waals surface area contributed by atoms with Gasteiger partial charge in [0.2, 0.25) is 0 Å². The molecule has 0 unspecified atom stereocenters. The van der Waals surface area contributed by atoms with Gasteiger partial charge < -0.3 is 10.2 Å². The molecule has 4 heteroatoms. The maximum Gasteiger partial charge on any atom is 0.254 e. The highest BCUT2D eigenvalue weighted by Gasteiger charge is 2.24. The van der Waals surface area contributed by atoms with E-state index in [0.29, 0.717) is 0 Å². The third kappa shape index (κ3) is 5.60. The Morgan fingerprint density at radius 1 is 0.897 bits per heavy atom. The number of nitrogens with zero attached hydrogens (tertiary/aromatic N) is 2. The number of nitrogens with one attached hydrogen (secondary N) is 1. The van der Waals surface area contributed by atoms with Crippen LogP contribution in [-0.4, -0.2) is 48.4 Å². The smallest absolute Gasteiger partial charge is 0.254 e. The van der Waals surface area contributed by atoms with Gasteiger partial charge in [0, 0.05) is 50.5 Å². The zero-order chi connectivity index (χ0) is 19.9. The molecule has 1 heterocycles. The summed E-state index contributed by atoms with van der Waals surface area (Å²) in [7, 11) is 0. The molecule has 0 spiro atoms. The van der Waals surface area contributed by atoms with Crippen LogP contribution in [-0.2, 0) is 6.54 Å². The van der Waals surface area contributed by atoms with E-state index in [0.717, 1.165) is 49.9 Å². The minimum absolute atomic E-state index is 0.158. The average Bonchev–Trinajstić information content (AvgIpc) is 2.79. The van der Waals surface area contributed by atoms with Crippen LogP contribution >= 0.6 is 0 Å². The number of anilines is 1. The van der Waals surface area contributed by atoms with Crippen LogP contribution in [0.1, 0.15) is 48.0 Å². The normalized spacial score (nSPS) is 18.6. The molecule has 2 aliphatic rings. The topological polar surface area (TPSA) is 35.6 Å². The summed E-state index contributed by atoms with van der Waals surface area (Å²) in [6.07, 6.45) is 7.00. The van der Waals surface area contributed by atoms with Crippen molar-refractivity contribution in [1.29, 1.82) is 0 Å². The lowest BCUT2D eigenvalue weighted by atomic mass is 9.89. The number of carbonyl (C=O) groups excluding carboxylic acids is 1. The molecule has 1 aliphatic carbocycles. The molecule has 29 heavy (non-hydrogen) atoms. The summed E-state index contributed by atoms with van der Waals surface area (Å²) < 4.78 is 0. The van der Waals surface area contributed by atoms with Crippen molar-refractivity contribution in [2.75, 3.05) is 38.0 Å². The zero-order valence-electron chi connectivity index (χ0n) is 17.4. The summed E-state index contributed by atoms with van der Waals surface area (Å²) in [5, 5.41) is 3.43. The summed E-state index contributed by atoms with van der Waals surface area (Å²) in [6, 6.07) is 18.3. The Morgan fingerprint density at radius 2 is 1.66 bits per heavy atom. The van der Waals surface area contributed by atoms with E-state index in [1.807, 2.05) is 47.4 Å². The Kier molecular flexibility index (Phi) is 6.83. The standard InChI is InChI=1S/C25H33N3O/c29-25(28-16-14-27(15-17-28)20-22-10-5-2-6-11-22)23-12-7-13-24(18-23)26-19-21-8-3-1-4-9-21/h1,3-4,7-9,12-13,18,22,26H,2,5-6,10-11,14-17,19-20H2. The SMILES string of the molecule is O=C(c1cccc(NCc2ccccc2)c1)N1CCN(CC2CCCCC2)CC1. The van der Waals surface area contributed by atoms with Gasteiger partial charge in [0.25, 0.3) is 5.91 Å². The van der Waals surface area contributed by atoms with Gasteiger partial charge in [-0.3, -0.25) is 9.69 Å². The Bertz CT molecular complexity index is 778. The van der Waals surface area contributed by atoms with Crippen molar-refractivity contribution in [2.24, 2.45) is 5.92 Å². The monoisotopic (exact) mass is 391 g/mol. The van der Waals surface area contributed by atoms with Crippen LogP contribution in [0.5, 0.6) is 0 Å². The molecule has 1 amide bonds. The molecule has 1 N–H and O–H groups in total. The molecule has 1 saturated heterocycles. The van der Waals surface area contributed by atoms with Gasteiger partial charge in [0.15, 0.2) is 0 Å². The van der Waals surface area contributed by atoms with E-state index in [1.54, 1.807) is 0 Å². The number of rotatable bonds is 6. The van der Waals surface area contributed by atoms with E-state index in [4.69, 9.17) is 0 Å². The minimum Gasteiger partial charge on any atom is -0.381 e. The second kappa shape index (κ2) is 9.93. The van der Waals surface area contributed by atoms with Crippen LogP contribution in [0, 0.1) is 5.92 Å². The van der Waals surface area contributed by atoms with E-state index in [9.17, 15) is 4.79 Å². The predicted octanol–water partition coefficient (Wildman–Crippen LogP) is 4.64. The number of piperazine rings is 1. The van der Waals surface area contributed by atoms with Crippen molar-refractivity contribution in [3.8, 4) is 0 Å². The highest BCUT2D eigenvalue weighted by molar-refractivity contribution is 5.95. The molecular formula is C25H33N3O. The molecule has 0 aromatic heterocycles. The number of benzene rings is 2. The van der Waals surface area contributed by atoms with Crippen LogP contribution in [0.2, 0.25) is 0 Å². The predicted molar refractivity (Wildman–Crippen MR) is 119 cm³/mol. The van der Waals surface area contributed by atoms with Crippen molar-refractivity contribution < 1.29 is 4.79 Å². The Morgan fingerprint density at radius 3 is 2.41 bits per heavy atom. The van der Waals surface area contributed by atoms with Crippen molar-refractivity contribution in [2.45, 2.75) is 38.6 Å². The van der Waals surface area contributed by atoms with Gasteiger partial charge in [0.1, 0.15) is 0 Å². The fourth-order valence-corrected chi connectivity index (χ4v) is 4.61. The van der Waals surface area contributed by atoms with Gasteiger partial charge in [0.05, 0.1) is 0 Å². The number of amides is 1. The second-order valence-corrected chi connectivity index (χ2v) is 8.52. The second-order valence-electron chi connectivity index (χ2n) is 8.52. The van der Waals surface area contributed by atoms with E-state index in [-0.39, 0.29) is 5.91 Å². The van der Waals surface area contributed by atoms with Gasteiger partial charge in [-0.25, -0.2) is 0 Å². The summed E-state index contributed by atoms with van der Waals surface area (Å²) >= 11 is 0. The van der Waals surface area contributed by atoms with Gasteiger partial charge in [-0.05, 0) is 42.5 Å². The molecule has 0 radical (unpaired) electrons. The molecule has 2 aromatic rings. The zero-order valence-corrected chi connectivity index (χ0v) is 17.4.